The molecule has 13 heteroatoms. The lowest BCUT2D eigenvalue weighted by Crippen LogP contribution is -2.48. The molecule has 1 fully saturated rings. The second-order valence-electron chi connectivity index (χ2n) is 7.13. The zero-order chi connectivity index (χ0) is 26.0. The standard InChI is InChI=1S/C19H22FN2O9P/c1-10-4-3-5-12-8-28-32(27,31-15(10)12)29-9-19(20)16(25)14(24)18(30-19)22-6-13(7-23)17(26)21-11(22)2/h3-6,14,16,18,23-25H,2,7-9H2,1H3,(H,21,26)/t14-,16+,18-,19-,32?/m1/s1/i9D2,18D. The number of hydrogen-bond donors (Lipinski definition) is 4. The highest BCUT2D eigenvalue weighted by molar-refractivity contribution is 7.49. The lowest BCUT2D eigenvalue weighted by atomic mass is 10.1. The van der Waals surface area contributed by atoms with E-state index in [1.165, 1.54) is 0 Å². The molecular formula is C19H22FN2O9P. The number of nitrogens with zero attached hydrogens (tertiary/aromatic N) is 1. The van der Waals surface area contributed by atoms with Gasteiger partial charge in [-0.05, 0) is 12.5 Å². The molecule has 0 aromatic heterocycles. The maximum atomic E-state index is 16.0. The van der Waals surface area contributed by atoms with Crippen LogP contribution in [-0.4, -0.2) is 63.6 Å². The molecule has 0 radical (unpaired) electrons. The molecule has 174 valence electrons. The monoisotopic (exact) mass is 475 g/mol. The number of amides is 1. The molecule has 1 unspecified atom stereocenters. The van der Waals surface area contributed by atoms with Gasteiger partial charge < -0.3 is 34.8 Å². The van der Waals surface area contributed by atoms with Gasteiger partial charge in [0.25, 0.3) is 11.8 Å². The largest absolute Gasteiger partial charge is 0.530 e. The second kappa shape index (κ2) is 8.23. The summed E-state index contributed by atoms with van der Waals surface area (Å²) < 4.78 is 73.6. The lowest BCUT2D eigenvalue weighted by molar-refractivity contribution is -0.208. The molecule has 1 saturated heterocycles. The van der Waals surface area contributed by atoms with Gasteiger partial charge in [-0.15, -0.1) is 0 Å². The number of phosphoric acid groups is 1. The Hall–Kier alpha value is -2.31. The SMILES string of the molecule is [2H]C([2H])(OP1(=O)OCc2cccc(C)c2O1)[C@@]1(F)O[C@@]([2H])(N2C=C(CO)C(=O)NC2=C)[C@H](O)[C@@H]1O. The van der Waals surface area contributed by atoms with E-state index in [1.807, 2.05) is 0 Å². The van der Waals surface area contributed by atoms with E-state index in [-0.39, 0.29) is 17.9 Å². The summed E-state index contributed by atoms with van der Waals surface area (Å²) >= 11 is 0. The number of rotatable bonds is 5. The van der Waals surface area contributed by atoms with Crippen molar-refractivity contribution in [2.75, 3.05) is 13.2 Å². The van der Waals surface area contributed by atoms with Crippen molar-refractivity contribution in [2.24, 2.45) is 0 Å². The van der Waals surface area contributed by atoms with E-state index in [0.717, 1.165) is 6.20 Å². The zero-order valence-electron chi connectivity index (χ0n) is 19.6. The molecule has 0 saturated carbocycles. The highest BCUT2D eigenvalue weighted by Gasteiger charge is 2.58. The van der Waals surface area contributed by atoms with Gasteiger partial charge in [0.15, 0.2) is 6.20 Å². The first-order chi connectivity index (χ1) is 16.2. The number of para-hydroxylation sites is 1. The molecule has 5 atom stereocenters. The highest BCUT2D eigenvalue weighted by atomic mass is 31.2. The van der Waals surface area contributed by atoms with Crippen LogP contribution in [-0.2, 0) is 29.8 Å². The number of fused-ring (bicyclic) bond motifs is 1. The summed E-state index contributed by atoms with van der Waals surface area (Å²) in [5, 5.41) is 32.4. The van der Waals surface area contributed by atoms with E-state index < -0.39 is 57.0 Å². The van der Waals surface area contributed by atoms with E-state index in [9.17, 15) is 24.7 Å². The van der Waals surface area contributed by atoms with Gasteiger partial charge in [0.05, 0.1) is 22.9 Å². The van der Waals surface area contributed by atoms with Gasteiger partial charge in [-0.1, -0.05) is 24.8 Å². The van der Waals surface area contributed by atoms with Crippen LogP contribution in [0.4, 0.5) is 4.39 Å². The molecule has 11 nitrogen and oxygen atoms in total. The second-order valence-corrected chi connectivity index (χ2v) is 8.64. The lowest BCUT2D eigenvalue weighted by Gasteiger charge is -2.34. The van der Waals surface area contributed by atoms with Gasteiger partial charge in [0.2, 0.25) is 0 Å². The average Bonchev–Trinajstić information content (AvgIpc) is 2.95. The Morgan fingerprint density at radius 2 is 2.28 bits per heavy atom. The predicted molar refractivity (Wildman–Crippen MR) is 105 cm³/mol. The number of benzene rings is 1. The number of carbonyl (C=O) groups is 1. The molecule has 1 aromatic carbocycles. The Balaban J connectivity index is 1.65. The minimum absolute atomic E-state index is 0.0792. The topological polar surface area (TPSA) is 147 Å². The number of phosphoric ester groups is 1. The third-order valence-electron chi connectivity index (χ3n) is 4.89. The number of halogens is 1. The zero-order valence-corrected chi connectivity index (χ0v) is 17.5. The van der Waals surface area contributed by atoms with Gasteiger partial charge in [-0.25, -0.2) is 8.96 Å². The van der Waals surface area contributed by atoms with E-state index >= 15 is 4.39 Å². The van der Waals surface area contributed by atoms with Crippen LogP contribution in [0.25, 0.3) is 0 Å². The number of nitrogens with one attached hydrogen (secondary N) is 1. The van der Waals surface area contributed by atoms with Crippen molar-refractivity contribution in [3.63, 3.8) is 0 Å². The number of hydrogen-bond acceptors (Lipinski definition) is 10. The van der Waals surface area contributed by atoms with Crippen LogP contribution in [0.15, 0.2) is 42.4 Å². The Labute approximate surface area is 186 Å². The molecule has 3 aliphatic heterocycles. The van der Waals surface area contributed by atoms with E-state index in [2.05, 4.69) is 11.9 Å². The molecule has 0 spiro atoms. The fourth-order valence-electron chi connectivity index (χ4n) is 3.16. The molecule has 0 aliphatic carbocycles. The average molecular weight is 475 g/mol. The normalized spacial score (nSPS) is 38.7. The Morgan fingerprint density at radius 1 is 1.53 bits per heavy atom. The quantitative estimate of drug-likeness (QED) is 0.445. The van der Waals surface area contributed by atoms with Gasteiger partial charge in [0.1, 0.15) is 30.3 Å². The van der Waals surface area contributed by atoms with E-state index in [1.54, 1.807) is 25.1 Å². The van der Waals surface area contributed by atoms with Crippen molar-refractivity contribution in [2.45, 2.75) is 37.8 Å². The molecular weight excluding hydrogens is 450 g/mol. The minimum Gasteiger partial charge on any atom is -0.403 e. The summed E-state index contributed by atoms with van der Waals surface area (Å²) in [5.74, 6) is -5.12. The number of ether oxygens (including phenoxy) is 1. The summed E-state index contributed by atoms with van der Waals surface area (Å²) in [5.41, 5.74) is 0.665. The Bertz CT molecular complexity index is 1170. The first kappa shape index (κ1) is 19.2. The van der Waals surface area contributed by atoms with Crippen molar-refractivity contribution in [1.82, 2.24) is 10.2 Å². The summed E-state index contributed by atoms with van der Waals surface area (Å²) in [7, 11) is -4.83. The first-order valence-electron chi connectivity index (χ1n) is 10.8. The Kier molecular flexibility index (Phi) is 4.94. The number of alkyl halides is 1. The fraction of sp³-hybridized carbons (Fsp3) is 0.421. The summed E-state index contributed by atoms with van der Waals surface area (Å²) in [6.07, 6.45) is -7.44. The van der Waals surface area contributed by atoms with Crippen LogP contribution in [0.3, 0.4) is 0 Å². The van der Waals surface area contributed by atoms with Crippen LogP contribution in [0.1, 0.15) is 15.2 Å². The Morgan fingerprint density at radius 3 is 3.00 bits per heavy atom. The predicted octanol–water partition coefficient (Wildman–Crippen LogP) is 0.552. The molecule has 3 aliphatic rings. The van der Waals surface area contributed by atoms with Gasteiger partial charge in [-0.2, -0.15) is 0 Å². The van der Waals surface area contributed by atoms with Crippen LogP contribution < -0.4 is 9.84 Å². The molecule has 4 rings (SSSR count). The van der Waals surface area contributed by atoms with Crippen LogP contribution in [0.2, 0.25) is 0 Å². The molecule has 3 heterocycles. The third kappa shape index (κ3) is 3.95. The van der Waals surface area contributed by atoms with Gasteiger partial charge in [-0.3, -0.25) is 13.8 Å². The minimum atomic E-state index is -4.83. The number of carbonyl (C=O) groups excluding carboxylic acids is 1. The van der Waals surface area contributed by atoms with Crippen molar-refractivity contribution in [3.8, 4) is 5.75 Å². The maximum Gasteiger partial charge on any atom is 0.530 e. The summed E-state index contributed by atoms with van der Waals surface area (Å²) in [6.45, 7) is 0.128. The van der Waals surface area contributed by atoms with Crippen LogP contribution >= 0.6 is 7.82 Å². The maximum absolute atomic E-state index is 16.0. The first-order valence-corrected chi connectivity index (χ1v) is 10.7. The summed E-state index contributed by atoms with van der Waals surface area (Å²) in [4.78, 5) is 12.4. The molecule has 1 aromatic rings. The fourth-order valence-corrected chi connectivity index (χ4v) is 4.33. The molecule has 32 heavy (non-hydrogen) atoms. The van der Waals surface area contributed by atoms with Gasteiger partial charge in [0, 0.05) is 11.8 Å². The van der Waals surface area contributed by atoms with Crippen molar-refractivity contribution in [3.05, 3.63) is 53.5 Å². The van der Waals surface area contributed by atoms with Gasteiger partial charge >= 0.3 is 7.82 Å². The van der Waals surface area contributed by atoms with Crippen LogP contribution in [0, 0.1) is 6.92 Å². The van der Waals surface area contributed by atoms with E-state index in [4.69, 9.17) is 22.4 Å². The molecule has 4 N–H and O–H groups in total. The highest BCUT2D eigenvalue weighted by Crippen LogP contribution is 2.56. The smallest absolute Gasteiger partial charge is 0.403 e. The number of aliphatic hydroxyl groups excluding tert-OH is 3. The molecule has 0 bridgehead atoms. The van der Waals surface area contributed by atoms with Crippen molar-refractivity contribution >= 4 is 13.7 Å². The molecule has 1 amide bonds. The van der Waals surface area contributed by atoms with Crippen LogP contribution in [0.5, 0.6) is 5.75 Å². The number of aryl methyl sites for hydroxylation is 1. The van der Waals surface area contributed by atoms with Crippen molar-refractivity contribution < 1.29 is 51.5 Å². The third-order valence-corrected chi connectivity index (χ3v) is 6.06. The van der Waals surface area contributed by atoms with E-state index in [0.29, 0.717) is 16.0 Å². The number of aliphatic hydroxyl groups is 3. The van der Waals surface area contributed by atoms with Crippen molar-refractivity contribution in [1.29, 1.82) is 0 Å². The summed E-state index contributed by atoms with van der Waals surface area (Å²) in [6, 6.07) is 4.90.